The van der Waals surface area contributed by atoms with Crippen LogP contribution in [0.15, 0.2) is 42.5 Å². The maximum Gasteiger partial charge on any atom is 0.440 e. The van der Waals surface area contributed by atoms with Crippen LogP contribution in [0.4, 0.5) is 18.0 Å². The molecule has 0 unspecified atom stereocenters. The Bertz CT molecular complexity index is 1160. The minimum atomic E-state index is -5.29. The number of nitrogens with one attached hydrogen (secondary N) is 2. The summed E-state index contributed by atoms with van der Waals surface area (Å²) in [5.41, 5.74) is -2.43. The Hall–Kier alpha value is -3.76. The molecule has 2 N–H and O–H groups in total. The zero-order chi connectivity index (χ0) is 26.9. The number of rotatable bonds is 7. The first-order chi connectivity index (χ1) is 16.7. The van der Waals surface area contributed by atoms with Crippen molar-refractivity contribution < 1.29 is 37.0 Å². The second-order valence-electron chi connectivity index (χ2n) is 9.36. The third-order valence-electron chi connectivity index (χ3n) is 5.92. The molecule has 0 radical (unpaired) electrons. The number of imide groups is 1. The molecule has 2 aromatic carbocycles. The van der Waals surface area contributed by atoms with Crippen molar-refractivity contribution in [1.29, 1.82) is 0 Å². The Labute approximate surface area is 206 Å². The molecule has 36 heavy (non-hydrogen) atoms. The van der Waals surface area contributed by atoms with E-state index in [1.54, 1.807) is 41.0 Å². The monoisotopic (exact) mass is 507 g/mol. The van der Waals surface area contributed by atoms with Crippen LogP contribution in [-0.4, -0.2) is 55.3 Å². The van der Waals surface area contributed by atoms with E-state index in [1.165, 1.54) is 26.4 Å². The van der Waals surface area contributed by atoms with E-state index in [-0.39, 0.29) is 23.9 Å². The fourth-order valence-corrected chi connectivity index (χ4v) is 3.77. The average molecular weight is 508 g/mol. The smallest absolute Gasteiger partial charge is 0.440 e. The fraction of sp³-hybridized carbons (Fsp3) is 0.400. The van der Waals surface area contributed by atoms with Crippen LogP contribution in [0.25, 0.3) is 0 Å². The number of hydrogen-bond donors (Lipinski definition) is 2. The molecular formula is C25H28F3N3O5. The molecule has 4 amide bonds. The number of halogens is 3. The highest BCUT2D eigenvalue weighted by Gasteiger charge is 2.68. The minimum Gasteiger partial charge on any atom is -0.493 e. The van der Waals surface area contributed by atoms with Crippen molar-refractivity contribution in [2.24, 2.45) is 0 Å². The van der Waals surface area contributed by atoms with Crippen LogP contribution >= 0.6 is 0 Å². The second kappa shape index (κ2) is 9.71. The summed E-state index contributed by atoms with van der Waals surface area (Å²) in [6.45, 7) is 5.49. The normalized spacial score (nSPS) is 18.2. The third-order valence-corrected chi connectivity index (χ3v) is 5.92. The van der Waals surface area contributed by atoms with E-state index in [0.29, 0.717) is 22.0 Å². The summed E-state index contributed by atoms with van der Waals surface area (Å²) >= 11 is 0. The van der Waals surface area contributed by atoms with Gasteiger partial charge in [0.15, 0.2) is 11.5 Å². The van der Waals surface area contributed by atoms with Gasteiger partial charge in [-0.3, -0.25) is 19.8 Å². The summed E-state index contributed by atoms with van der Waals surface area (Å²) in [6.07, 6.45) is -5.24. The molecule has 1 aliphatic heterocycles. The number of hydrogen-bond acceptors (Lipinski definition) is 5. The van der Waals surface area contributed by atoms with Crippen LogP contribution in [0.2, 0.25) is 0 Å². The highest BCUT2D eigenvalue weighted by molar-refractivity contribution is 6.10. The number of benzene rings is 2. The molecule has 0 bridgehead atoms. The van der Waals surface area contributed by atoms with Gasteiger partial charge < -0.3 is 14.8 Å². The van der Waals surface area contributed by atoms with Crippen LogP contribution in [0.1, 0.15) is 42.3 Å². The van der Waals surface area contributed by atoms with E-state index in [2.05, 4.69) is 0 Å². The van der Waals surface area contributed by atoms with Crippen molar-refractivity contribution in [3.63, 3.8) is 0 Å². The van der Waals surface area contributed by atoms with Crippen molar-refractivity contribution in [3.8, 4) is 11.5 Å². The number of urea groups is 1. The van der Waals surface area contributed by atoms with E-state index < -0.39 is 29.7 Å². The van der Waals surface area contributed by atoms with E-state index in [4.69, 9.17) is 9.47 Å². The number of alkyl halides is 3. The van der Waals surface area contributed by atoms with Crippen LogP contribution in [0, 0.1) is 0 Å². The molecule has 2 aromatic rings. The van der Waals surface area contributed by atoms with Crippen molar-refractivity contribution in [2.75, 3.05) is 20.8 Å². The van der Waals surface area contributed by atoms with Gasteiger partial charge in [0.2, 0.25) is 0 Å². The Morgan fingerprint density at radius 3 is 2.14 bits per heavy atom. The summed E-state index contributed by atoms with van der Waals surface area (Å²) in [5.74, 6) is -1.92. The highest BCUT2D eigenvalue weighted by atomic mass is 19.4. The van der Waals surface area contributed by atoms with Crippen LogP contribution in [0.3, 0.4) is 0 Å². The average Bonchev–Trinajstić information content (AvgIpc) is 3.06. The van der Waals surface area contributed by atoms with Crippen LogP contribution in [-0.2, 0) is 16.6 Å². The number of nitrogens with zero attached hydrogens (tertiary/aromatic N) is 1. The number of methoxy groups -OCH3 is 2. The SMILES string of the molecule is COc1ccc(CCN2C(=O)N[C@@](NC(=O)c3ccc(C(C)(C)C)cc3)(C(F)(F)F)C2=O)cc1OC. The molecule has 0 aromatic heterocycles. The predicted molar refractivity (Wildman–Crippen MR) is 125 cm³/mol. The first kappa shape index (κ1) is 26.8. The lowest BCUT2D eigenvalue weighted by Crippen LogP contribution is -2.69. The molecule has 11 heteroatoms. The topological polar surface area (TPSA) is 97.0 Å². The molecule has 1 atom stereocenters. The van der Waals surface area contributed by atoms with Crippen LogP contribution in [0.5, 0.6) is 11.5 Å². The van der Waals surface area contributed by atoms with Gasteiger partial charge in [-0.1, -0.05) is 39.0 Å². The fourth-order valence-electron chi connectivity index (χ4n) is 3.77. The standard InChI is InChI=1S/C25H28F3N3O5/c1-23(2,3)17-9-7-16(8-10-17)20(32)29-24(25(26,27)28)21(33)31(22(34)30-24)13-12-15-6-11-18(35-4)19(14-15)36-5/h6-11,14H,12-13H2,1-5H3,(H,29,32)(H,30,34)/t24-/m1/s1. The highest BCUT2D eigenvalue weighted by Crippen LogP contribution is 2.35. The lowest BCUT2D eigenvalue weighted by molar-refractivity contribution is -0.200. The third kappa shape index (κ3) is 5.09. The summed E-state index contributed by atoms with van der Waals surface area (Å²) < 4.78 is 52.8. The van der Waals surface area contributed by atoms with E-state index in [1.807, 2.05) is 20.8 Å². The first-order valence-electron chi connectivity index (χ1n) is 11.1. The van der Waals surface area contributed by atoms with Gasteiger partial charge >= 0.3 is 12.2 Å². The van der Waals surface area contributed by atoms with Crippen molar-refractivity contribution in [3.05, 3.63) is 59.2 Å². The predicted octanol–water partition coefficient (Wildman–Crippen LogP) is 3.78. The van der Waals surface area contributed by atoms with Gasteiger partial charge in [-0.25, -0.2) is 4.79 Å². The molecule has 8 nitrogen and oxygen atoms in total. The van der Waals surface area contributed by atoms with Gasteiger partial charge in [0.1, 0.15) is 0 Å². The summed E-state index contributed by atoms with van der Waals surface area (Å²) in [7, 11) is 2.88. The van der Waals surface area contributed by atoms with E-state index in [0.717, 1.165) is 5.56 Å². The molecule has 194 valence electrons. The first-order valence-corrected chi connectivity index (χ1v) is 11.1. The van der Waals surface area contributed by atoms with Gasteiger partial charge in [-0.2, -0.15) is 13.2 Å². The Kier molecular flexibility index (Phi) is 7.24. The van der Waals surface area contributed by atoms with Gasteiger partial charge in [0.25, 0.3) is 17.5 Å². The van der Waals surface area contributed by atoms with Crippen molar-refractivity contribution >= 4 is 17.8 Å². The zero-order valence-electron chi connectivity index (χ0n) is 20.6. The molecule has 3 rings (SSSR count). The molecule has 0 spiro atoms. The van der Waals surface area contributed by atoms with E-state index in [9.17, 15) is 27.6 Å². The number of amides is 4. The Balaban J connectivity index is 1.82. The second-order valence-corrected chi connectivity index (χ2v) is 9.36. The van der Waals surface area contributed by atoms with Gasteiger partial charge in [-0.05, 0) is 47.2 Å². The molecule has 1 aliphatic rings. The maximum absolute atomic E-state index is 14.1. The summed E-state index contributed by atoms with van der Waals surface area (Å²) in [5, 5.41) is 3.38. The van der Waals surface area contributed by atoms with Crippen molar-refractivity contribution in [1.82, 2.24) is 15.5 Å². The number of carbonyl (C=O) groups excluding carboxylic acids is 3. The molecule has 1 saturated heterocycles. The van der Waals surface area contributed by atoms with Gasteiger partial charge in [0, 0.05) is 12.1 Å². The Morgan fingerprint density at radius 1 is 1.00 bits per heavy atom. The quantitative estimate of drug-likeness (QED) is 0.556. The molecule has 1 heterocycles. The largest absolute Gasteiger partial charge is 0.493 e. The molecule has 1 fully saturated rings. The lowest BCUT2D eigenvalue weighted by Gasteiger charge is -2.30. The Morgan fingerprint density at radius 2 is 1.61 bits per heavy atom. The summed E-state index contributed by atoms with van der Waals surface area (Å²) in [6, 6.07) is 9.56. The van der Waals surface area contributed by atoms with Crippen LogP contribution < -0.4 is 20.1 Å². The van der Waals surface area contributed by atoms with Gasteiger partial charge in [0.05, 0.1) is 14.2 Å². The maximum atomic E-state index is 14.1. The number of ether oxygens (including phenoxy) is 2. The lowest BCUT2D eigenvalue weighted by atomic mass is 9.86. The minimum absolute atomic E-state index is 0.0513. The molecular weight excluding hydrogens is 479 g/mol. The van der Waals surface area contributed by atoms with Gasteiger partial charge in [-0.15, -0.1) is 0 Å². The molecule has 0 saturated carbocycles. The molecule has 0 aliphatic carbocycles. The van der Waals surface area contributed by atoms with E-state index >= 15 is 0 Å². The summed E-state index contributed by atoms with van der Waals surface area (Å²) in [4.78, 5) is 38.6. The zero-order valence-corrected chi connectivity index (χ0v) is 20.6. The van der Waals surface area contributed by atoms with Crippen molar-refractivity contribution in [2.45, 2.75) is 44.4 Å². The number of carbonyl (C=O) groups is 3.